The monoisotopic (exact) mass is 433 g/mol. The molecule has 0 bridgehead atoms. The maximum atomic E-state index is 13.0. The largest absolute Gasteiger partial charge is 0.508 e. The van der Waals surface area contributed by atoms with Gasteiger partial charge >= 0.3 is 0 Å². The zero-order valence-corrected chi connectivity index (χ0v) is 17.2. The SMILES string of the molecule is CC(NC(=O)COc1ccc2c(=O)c(-c3ccc(O)cc3)coc2c1)c1ccc(F)cc1. The predicted molar refractivity (Wildman–Crippen MR) is 118 cm³/mol. The third kappa shape index (κ3) is 4.62. The van der Waals surface area contributed by atoms with Crippen molar-refractivity contribution >= 4 is 16.9 Å². The molecule has 6 nitrogen and oxygen atoms in total. The van der Waals surface area contributed by atoms with Crippen LogP contribution < -0.4 is 15.5 Å². The van der Waals surface area contributed by atoms with E-state index >= 15 is 0 Å². The van der Waals surface area contributed by atoms with Crippen molar-refractivity contribution in [2.24, 2.45) is 0 Å². The zero-order valence-electron chi connectivity index (χ0n) is 17.2. The Balaban J connectivity index is 1.44. The van der Waals surface area contributed by atoms with Crippen LogP contribution in [0, 0.1) is 5.82 Å². The molecule has 2 N–H and O–H groups in total. The van der Waals surface area contributed by atoms with Gasteiger partial charge < -0.3 is 19.6 Å². The fourth-order valence-corrected chi connectivity index (χ4v) is 3.31. The minimum absolute atomic E-state index is 0.108. The van der Waals surface area contributed by atoms with Crippen LogP contribution in [0.25, 0.3) is 22.1 Å². The lowest BCUT2D eigenvalue weighted by Crippen LogP contribution is -2.31. The van der Waals surface area contributed by atoms with Gasteiger partial charge in [0, 0.05) is 6.07 Å². The summed E-state index contributed by atoms with van der Waals surface area (Å²) < 4.78 is 24.2. The summed E-state index contributed by atoms with van der Waals surface area (Å²) in [5, 5.41) is 12.6. The number of amides is 1. The molecule has 32 heavy (non-hydrogen) atoms. The Morgan fingerprint density at radius 1 is 1.09 bits per heavy atom. The first-order valence-electron chi connectivity index (χ1n) is 9.93. The van der Waals surface area contributed by atoms with Crippen molar-refractivity contribution in [3.8, 4) is 22.6 Å². The van der Waals surface area contributed by atoms with Crippen LogP contribution in [-0.4, -0.2) is 17.6 Å². The van der Waals surface area contributed by atoms with E-state index in [4.69, 9.17) is 9.15 Å². The van der Waals surface area contributed by atoms with E-state index in [1.807, 2.05) is 0 Å². The molecule has 0 saturated heterocycles. The van der Waals surface area contributed by atoms with E-state index in [2.05, 4.69) is 5.32 Å². The third-order valence-electron chi connectivity index (χ3n) is 5.04. The number of halogens is 1. The first-order chi connectivity index (χ1) is 15.4. The van der Waals surface area contributed by atoms with Crippen LogP contribution in [0.2, 0.25) is 0 Å². The highest BCUT2D eigenvalue weighted by Crippen LogP contribution is 2.24. The molecule has 4 aromatic rings. The van der Waals surface area contributed by atoms with Crippen LogP contribution in [0.4, 0.5) is 4.39 Å². The van der Waals surface area contributed by atoms with Crippen LogP contribution >= 0.6 is 0 Å². The number of phenols is 1. The van der Waals surface area contributed by atoms with Gasteiger partial charge in [-0.1, -0.05) is 24.3 Å². The predicted octanol–water partition coefficient (Wildman–Crippen LogP) is 4.56. The molecule has 0 radical (unpaired) electrons. The molecule has 0 aliphatic rings. The first-order valence-corrected chi connectivity index (χ1v) is 9.93. The van der Waals surface area contributed by atoms with Crippen molar-refractivity contribution < 1.29 is 23.4 Å². The van der Waals surface area contributed by atoms with Gasteiger partial charge in [0.25, 0.3) is 5.91 Å². The summed E-state index contributed by atoms with van der Waals surface area (Å²) in [7, 11) is 0. The number of rotatable bonds is 6. The number of benzene rings is 3. The molecule has 1 atom stereocenters. The van der Waals surface area contributed by atoms with Crippen LogP contribution in [0.15, 0.2) is 82.2 Å². The van der Waals surface area contributed by atoms with Gasteiger partial charge in [-0.05, 0) is 54.4 Å². The average molecular weight is 433 g/mol. The molecule has 0 aliphatic carbocycles. The zero-order chi connectivity index (χ0) is 22.7. The molecule has 3 aromatic carbocycles. The van der Waals surface area contributed by atoms with E-state index < -0.39 is 0 Å². The Morgan fingerprint density at radius 2 is 1.81 bits per heavy atom. The number of carbonyl (C=O) groups is 1. The van der Waals surface area contributed by atoms with E-state index in [0.29, 0.717) is 27.8 Å². The number of hydrogen-bond donors (Lipinski definition) is 2. The van der Waals surface area contributed by atoms with Gasteiger partial charge in [-0.2, -0.15) is 0 Å². The van der Waals surface area contributed by atoms with Crippen LogP contribution in [-0.2, 0) is 4.79 Å². The molecule has 0 fully saturated rings. The topological polar surface area (TPSA) is 88.8 Å². The summed E-state index contributed by atoms with van der Waals surface area (Å²) in [6, 6.07) is 16.6. The number of aromatic hydroxyl groups is 1. The molecule has 7 heteroatoms. The normalized spacial score (nSPS) is 11.8. The summed E-state index contributed by atoms with van der Waals surface area (Å²) in [5.74, 6) is -0.195. The summed E-state index contributed by atoms with van der Waals surface area (Å²) >= 11 is 0. The number of nitrogens with one attached hydrogen (secondary N) is 1. The Bertz CT molecular complexity index is 1310. The molecule has 1 aromatic heterocycles. The summed E-state index contributed by atoms with van der Waals surface area (Å²) in [4.78, 5) is 25.0. The highest BCUT2D eigenvalue weighted by atomic mass is 19.1. The Labute approximate surface area is 182 Å². The summed E-state index contributed by atoms with van der Waals surface area (Å²) in [5.41, 5.74) is 1.90. The average Bonchev–Trinajstić information content (AvgIpc) is 2.79. The van der Waals surface area contributed by atoms with Crippen molar-refractivity contribution in [1.29, 1.82) is 0 Å². The number of ether oxygens (including phenoxy) is 1. The Morgan fingerprint density at radius 3 is 2.53 bits per heavy atom. The van der Waals surface area contributed by atoms with Gasteiger partial charge in [-0.25, -0.2) is 4.39 Å². The van der Waals surface area contributed by atoms with Gasteiger partial charge in [-0.3, -0.25) is 9.59 Å². The molecule has 0 aliphatic heterocycles. The number of carbonyl (C=O) groups excluding carboxylic acids is 1. The highest BCUT2D eigenvalue weighted by molar-refractivity contribution is 5.83. The molecule has 4 rings (SSSR count). The number of fused-ring (bicyclic) bond motifs is 1. The number of phenolic OH excluding ortho intramolecular Hbond substituents is 1. The summed E-state index contributed by atoms with van der Waals surface area (Å²) in [6.45, 7) is 1.56. The van der Waals surface area contributed by atoms with Crippen LogP contribution in [0.3, 0.4) is 0 Å². The van der Waals surface area contributed by atoms with Gasteiger partial charge in [0.1, 0.15) is 29.2 Å². The highest BCUT2D eigenvalue weighted by Gasteiger charge is 2.13. The summed E-state index contributed by atoms with van der Waals surface area (Å²) in [6.07, 6.45) is 1.36. The molecule has 0 saturated carbocycles. The molecule has 0 spiro atoms. The molecule has 1 amide bonds. The maximum absolute atomic E-state index is 13.0. The van der Waals surface area contributed by atoms with E-state index in [-0.39, 0.29) is 35.6 Å². The van der Waals surface area contributed by atoms with Gasteiger partial charge in [0.15, 0.2) is 12.0 Å². The molecule has 162 valence electrons. The minimum atomic E-state index is -0.342. The lowest BCUT2D eigenvalue weighted by atomic mass is 10.1. The van der Waals surface area contributed by atoms with Gasteiger partial charge in [0.2, 0.25) is 0 Å². The first kappa shape index (κ1) is 21.1. The van der Waals surface area contributed by atoms with Gasteiger partial charge in [-0.15, -0.1) is 0 Å². The minimum Gasteiger partial charge on any atom is -0.508 e. The smallest absolute Gasteiger partial charge is 0.258 e. The molecule has 1 unspecified atom stereocenters. The van der Waals surface area contributed by atoms with Crippen molar-refractivity contribution in [3.63, 3.8) is 0 Å². The quantitative estimate of drug-likeness (QED) is 0.465. The van der Waals surface area contributed by atoms with Crippen molar-refractivity contribution in [2.45, 2.75) is 13.0 Å². The second-order valence-electron chi connectivity index (χ2n) is 7.31. The van der Waals surface area contributed by atoms with Crippen molar-refractivity contribution in [2.75, 3.05) is 6.61 Å². The lowest BCUT2D eigenvalue weighted by Gasteiger charge is -2.15. The van der Waals surface area contributed by atoms with Crippen LogP contribution in [0.1, 0.15) is 18.5 Å². The number of hydrogen-bond acceptors (Lipinski definition) is 5. The van der Waals surface area contributed by atoms with Crippen molar-refractivity contribution in [1.82, 2.24) is 5.32 Å². The van der Waals surface area contributed by atoms with Crippen molar-refractivity contribution in [3.05, 3.63) is 94.6 Å². The molecule has 1 heterocycles. The fourth-order valence-electron chi connectivity index (χ4n) is 3.31. The molecular formula is C25H20FNO5. The third-order valence-corrected chi connectivity index (χ3v) is 5.04. The van der Waals surface area contributed by atoms with E-state index in [1.54, 1.807) is 49.4 Å². The lowest BCUT2D eigenvalue weighted by molar-refractivity contribution is -0.123. The van der Waals surface area contributed by atoms with Gasteiger partial charge in [0.05, 0.1) is 17.0 Å². The second kappa shape index (κ2) is 8.93. The Hall–Kier alpha value is -4.13. The fraction of sp³-hybridized carbons (Fsp3) is 0.120. The van der Waals surface area contributed by atoms with E-state index in [1.165, 1.54) is 30.5 Å². The maximum Gasteiger partial charge on any atom is 0.258 e. The van der Waals surface area contributed by atoms with E-state index in [9.17, 15) is 19.1 Å². The Kier molecular flexibility index (Phi) is 5.89. The van der Waals surface area contributed by atoms with E-state index in [0.717, 1.165) is 5.56 Å². The molecular weight excluding hydrogens is 413 g/mol. The standard InChI is InChI=1S/C25H20FNO5/c1-15(16-2-6-18(26)7-3-16)27-24(29)14-31-20-10-11-21-23(12-20)32-13-22(25(21)30)17-4-8-19(28)9-5-17/h2-13,15,28H,14H2,1H3,(H,27,29). The second-order valence-corrected chi connectivity index (χ2v) is 7.31. The van der Waals surface area contributed by atoms with Crippen LogP contribution in [0.5, 0.6) is 11.5 Å².